The Morgan fingerprint density at radius 3 is 2.63 bits per heavy atom. The van der Waals surface area contributed by atoms with Gasteiger partial charge in [-0.15, -0.1) is 0 Å². The van der Waals surface area contributed by atoms with Gasteiger partial charge in [0.25, 0.3) is 0 Å². The second-order valence-electron chi connectivity index (χ2n) is 5.69. The van der Waals surface area contributed by atoms with E-state index in [1.807, 2.05) is 13.8 Å². The Morgan fingerprint density at radius 2 is 2.00 bits per heavy atom. The highest BCUT2D eigenvalue weighted by atomic mass is 16.4. The summed E-state index contributed by atoms with van der Waals surface area (Å²) in [4.78, 5) is 16.4. The second-order valence-corrected chi connectivity index (χ2v) is 5.69. The predicted molar refractivity (Wildman–Crippen MR) is 77.1 cm³/mol. The Morgan fingerprint density at radius 1 is 1.32 bits per heavy atom. The normalized spacial score (nSPS) is 11.6. The molecule has 0 saturated carbocycles. The number of hydrogen-bond acceptors (Lipinski definition) is 3. The van der Waals surface area contributed by atoms with Crippen LogP contribution in [0.5, 0.6) is 0 Å². The largest absolute Gasteiger partial charge is 0.432 e. The van der Waals surface area contributed by atoms with Crippen LogP contribution in [0.3, 0.4) is 0 Å². The molecule has 0 fully saturated rings. The molecule has 0 unspecified atom stereocenters. The number of unbranched alkanes of at least 4 members (excludes halogenated alkanes) is 2. The number of nitrogens with zero attached hydrogens (tertiary/aromatic N) is 1. The lowest BCUT2D eigenvalue weighted by molar-refractivity contribution is -0.124. The van der Waals surface area contributed by atoms with Crippen LogP contribution >= 0.6 is 0 Å². The van der Waals surface area contributed by atoms with Crippen LogP contribution < -0.4 is 5.32 Å². The number of rotatable bonds is 8. The molecule has 0 spiro atoms. The highest BCUT2D eigenvalue weighted by molar-refractivity contribution is 5.93. The Hall–Kier alpha value is -1.32. The first kappa shape index (κ1) is 15.7. The van der Waals surface area contributed by atoms with Gasteiger partial charge in [-0.3, -0.25) is 10.1 Å². The van der Waals surface area contributed by atoms with Crippen LogP contribution in [-0.2, 0) is 11.2 Å². The molecule has 1 aromatic rings. The molecule has 0 aromatic carbocycles. The summed E-state index contributed by atoms with van der Waals surface area (Å²) in [6.45, 7) is 8.18. The van der Waals surface area contributed by atoms with E-state index in [9.17, 15) is 4.79 Å². The van der Waals surface area contributed by atoms with Crippen molar-refractivity contribution < 1.29 is 9.21 Å². The minimum Gasteiger partial charge on any atom is -0.432 e. The molecule has 1 amide bonds. The van der Waals surface area contributed by atoms with Gasteiger partial charge in [0.15, 0.2) is 0 Å². The molecule has 1 aromatic heterocycles. The number of carbonyl (C=O) groups excluding carboxylic acids is 1. The minimum absolute atomic E-state index is 0.0233. The number of oxazole rings is 1. The van der Waals surface area contributed by atoms with E-state index in [2.05, 4.69) is 24.1 Å². The fourth-order valence-electron chi connectivity index (χ4n) is 1.84. The number of amides is 1. The quantitative estimate of drug-likeness (QED) is 0.768. The molecule has 0 saturated heterocycles. The maximum absolute atomic E-state index is 12.2. The lowest BCUT2D eigenvalue weighted by Gasteiger charge is -2.22. The predicted octanol–water partition coefficient (Wildman–Crippen LogP) is 4.17. The Labute approximate surface area is 116 Å². The molecule has 0 aliphatic carbocycles. The molecule has 0 aliphatic heterocycles. The Bertz CT molecular complexity index is 397. The van der Waals surface area contributed by atoms with Crippen LogP contribution in [0.15, 0.2) is 10.7 Å². The topological polar surface area (TPSA) is 55.1 Å². The van der Waals surface area contributed by atoms with Crippen molar-refractivity contribution in [2.75, 3.05) is 5.32 Å². The summed E-state index contributed by atoms with van der Waals surface area (Å²) >= 11 is 0. The van der Waals surface area contributed by atoms with Gasteiger partial charge in [0.1, 0.15) is 6.26 Å². The standard InChI is InChI=1S/C15H26N2O2/c1-5-7-9-12-11-19-14(16-12)17-13(18)15(3,4)10-8-6-2/h11H,5-10H2,1-4H3,(H,16,17,18). The molecular formula is C15H26N2O2. The zero-order valence-electron chi connectivity index (χ0n) is 12.6. The zero-order valence-corrected chi connectivity index (χ0v) is 12.6. The first-order valence-corrected chi connectivity index (χ1v) is 7.25. The van der Waals surface area contributed by atoms with Gasteiger partial charge in [0, 0.05) is 5.41 Å². The lowest BCUT2D eigenvalue weighted by atomic mass is 9.86. The average molecular weight is 266 g/mol. The molecule has 0 radical (unpaired) electrons. The van der Waals surface area contributed by atoms with Gasteiger partial charge in [-0.25, -0.2) is 0 Å². The molecule has 0 bridgehead atoms. The van der Waals surface area contributed by atoms with Crippen LogP contribution in [0.1, 0.15) is 65.5 Å². The van der Waals surface area contributed by atoms with E-state index in [4.69, 9.17) is 4.42 Å². The molecule has 1 heterocycles. The monoisotopic (exact) mass is 266 g/mol. The van der Waals surface area contributed by atoms with Crippen LogP contribution in [0.4, 0.5) is 6.01 Å². The molecule has 108 valence electrons. The van der Waals surface area contributed by atoms with E-state index >= 15 is 0 Å². The highest BCUT2D eigenvalue weighted by Gasteiger charge is 2.27. The van der Waals surface area contributed by atoms with E-state index in [1.54, 1.807) is 6.26 Å². The van der Waals surface area contributed by atoms with E-state index in [0.29, 0.717) is 6.01 Å². The molecule has 0 aliphatic rings. The fourth-order valence-corrected chi connectivity index (χ4v) is 1.84. The number of carbonyl (C=O) groups is 1. The molecular weight excluding hydrogens is 240 g/mol. The van der Waals surface area contributed by atoms with Crippen molar-refractivity contribution >= 4 is 11.9 Å². The SMILES string of the molecule is CCCCc1coc(NC(=O)C(C)(C)CCCC)n1. The van der Waals surface area contributed by atoms with Crippen molar-refractivity contribution in [3.8, 4) is 0 Å². The number of nitrogens with one attached hydrogen (secondary N) is 1. The van der Waals surface area contributed by atoms with Gasteiger partial charge in [-0.05, 0) is 19.3 Å². The Kier molecular flexibility index (Phi) is 6.06. The third-order valence-corrected chi connectivity index (χ3v) is 3.33. The van der Waals surface area contributed by atoms with Crippen molar-refractivity contribution in [3.63, 3.8) is 0 Å². The summed E-state index contributed by atoms with van der Waals surface area (Å²) < 4.78 is 5.29. The van der Waals surface area contributed by atoms with Gasteiger partial charge in [0.05, 0.1) is 5.69 Å². The maximum Gasteiger partial charge on any atom is 0.301 e. The van der Waals surface area contributed by atoms with E-state index in [1.165, 1.54) is 0 Å². The number of hydrogen-bond donors (Lipinski definition) is 1. The third kappa shape index (κ3) is 5.05. The van der Waals surface area contributed by atoms with E-state index < -0.39 is 0 Å². The first-order chi connectivity index (χ1) is 8.99. The molecule has 1 N–H and O–H groups in total. The summed E-state index contributed by atoms with van der Waals surface area (Å²) in [6, 6.07) is 0.320. The zero-order chi connectivity index (χ0) is 14.3. The number of aromatic nitrogens is 1. The maximum atomic E-state index is 12.2. The molecule has 4 heteroatoms. The van der Waals surface area contributed by atoms with Crippen LogP contribution in [-0.4, -0.2) is 10.9 Å². The highest BCUT2D eigenvalue weighted by Crippen LogP contribution is 2.25. The van der Waals surface area contributed by atoms with Crippen LogP contribution in [0.25, 0.3) is 0 Å². The molecule has 0 atom stereocenters. The van der Waals surface area contributed by atoms with Gasteiger partial charge in [-0.1, -0.05) is 47.0 Å². The second kappa shape index (κ2) is 7.31. The Balaban J connectivity index is 2.53. The average Bonchev–Trinajstić information content (AvgIpc) is 2.81. The van der Waals surface area contributed by atoms with Crippen molar-refractivity contribution in [1.82, 2.24) is 4.98 Å². The first-order valence-electron chi connectivity index (χ1n) is 7.25. The number of aryl methyl sites for hydroxylation is 1. The molecule has 19 heavy (non-hydrogen) atoms. The fraction of sp³-hybridized carbons (Fsp3) is 0.733. The summed E-state index contributed by atoms with van der Waals surface area (Å²) in [5.41, 5.74) is 0.525. The molecule has 1 rings (SSSR count). The summed E-state index contributed by atoms with van der Waals surface area (Å²) in [7, 11) is 0. The molecule has 4 nitrogen and oxygen atoms in total. The van der Waals surface area contributed by atoms with Crippen LogP contribution in [0.2, 0.25) is 0 Å². The van der Waals surface area contributed by atoms with E-state index in [-0.39, 0.29) is 11.3 Å². The van der Waals surface area contributed by atoms with Crippen molar-refractivity contribution in [2.45, 2.75) is 66.2 Å². The van der Waals surface area contributed by atoms with Crippen molar-refractivity contribution in [1.29, 1.82) is 0 Å². The smallest absolute Gasteiger partial charge is 0.301 e. The number of anilines is 1. The minimum atomic E-state index is -0.381. The van der Waals surface area contributed by atoms with Gasteiger partial charge < -0.3 is 4.42 Å². The van der Waals surface area contributed by atoms with Gasteiger partial charge >= 0.3 is 6.01 Å². The van der Waals surface area contributed by atoms with E-state index in [0.717, 1.165) is 44.2 Å². The van der Waals surface area contributed by atoms with Gasteiger partial charge in [-0.2, -0.15) is 4.98 Å². The van der Waals surface area contributed by atoms with Gasteiger partial charge in [0.2, 0.25) is 5.91 Å². The van der Waals surface area contributed by atoms with Crippen molar-refractivity contribution in [3.05, 3.63) is 12.0 Å². The lowest BCUT2D eigenvalue weighted by Crippen LogP contribution is -2.30. The summed E-state index contributed by atoms with van der Waals surface area (Å²) in [5.74, 6) is -0.0233. The summed E-state index contributed by atoms with van der Waals surface area (Å²) in [6.07, 6.45) is 7.75. The third-order valence-electron chi connectivity index (χ3n) is 3.33. The van der Waals surface area contributed by atoms with Crippen LogP contribution in [0, 0.1) is 5.41 Å². The summed E-state index contributed by atoms with van der Waals surface area (Å²) in [5, 5.41) is 2.77. The van der Waals surface area contributed by atoms with Crippen molar-refractivity contribution in [2.24, 2.45) is 5.41 Å².